The maximum absolute atomic E-state index is 12.9. The zero-order chi connectivity index (χ0) is 21.3. The van der Waals surface area contributed by atoms with E-state index in [1.807, 2.05) is 28.8 Å². The number of ether oxygens (including phenoxy) is 1. The second-order valence-electron chi connectivity index (χ2n) is 7.91. The third-order valence-corrected chi connectivity index (χ3v) is 5.51. The van der Waals surface area contributed by atoms with E-state index in [0.29, 0.717) is 35.7 Å². The molecule has 2 N–H and O–H groups in total. The molecule has 3 aromatic rings. The van der Waals surface area contributed by atoms with Gasteiger partial charge in [0.1, 0.15) is 16.9 Å². The van der Waals surface area contributed by atoms with Gasteiger partial charge in [0, 0.05) is 6.54 Å². The number of anilines is 1. The molecule has 1 aromatic carbocycles. The van der Waals surface area contributed by atoms with Crippen molar-refractivity contribution in [3.63, 3.8) is 0 Å². The molecule has 0 aliphatic heterocycles. The number of aromatic nitrogens is 3. The fraction of sp³-hybridized carbons (Fsp3) is 0.542. The molecule has 0 saturated carbocycles. The zero-order valence-corrected chi connectivity index (χ0v) is 18.3. The minimum atomic E-state index is -0.398. The predicted molar refractivity (Wildman–Crippen MR) is 123 cm³/mol. The van der Waals surface area contributed by atoms with Gasteiger partial charge in [-0.2, -0.15) is 0 Å². The number of benzene rings is 1. The number of hydrogen-bond acceptors (Lipinski definition) is 5. The molecule has 3 rings (SSSR count). The number of para-hydroxylation sites is 2. The van der Waals surface area contributed by atoms with E-state index in [9.17, 15) is 4.79 Å². The summed E-state index contributed by atoms with van der Waals surface area (Å²) < 4.78 is 7.50. The first kappa shape index (κ1) is 22.1. The van der Waals surface area contributed by atoms with Crippen molar-refractivity contribution in [2.24, 2.45) is 0 Å². The van der Waals surface area contributed by atoms with E-state index in [0.717, 1.165) is 43.1 Å². The molecule has 0 amide bonds. The highest BCUT2D eigenvalue weighted by molar-refractivity contribution is 6.08. The van der Waals surface area contributed by atoms with Crippen molar-refractivity contribution in [3.05, 3.63) is 29.8 Å². The Kier molecular flexibility index (Phi) is 8.05. The Morgan fingerprint density at radius 2 is 1.57 bits per heavy atom. The quantitative estimate of drug-likeness (QED) is 0.298. The van der Waals surface area contributed by atoms with Gasteiger partial charge in [-0.15, -0.1) is 0 Å². The summed E-state index contributed by atoms with van der Waals surface area (Å²) in [6.45, 7) is 5.49. The first-order valence-corrected chi connectivity index (χ1v) is 11.4. The Morgan fingerprint density at radius 1 is 0.933 bits per heavy atom. The number of aryl methyl sites for hydroxylation is 1. The summed E-state index contributed by atoms with van der Waals surface area (Å²) in [6, 6.07) is 7.68. The molecule has 0 aliphatic rings. The summed E-state index contributed by atoms with van der Waals surface area (Å²) in [5.41, 5.74) is 9.53. The largest absolute Gasteiger partial charge is 0.462 e. The lowest BCUT2D eigenvalue weighted by Gasteiger charge is -2.07. The van der Waals surface area contributed by atoms with Crippen molar-refractivity contribution in [2.45, 2.75) is 78.2 Å². The molecule has 0 unspecified atom stereocenters. The molecule has 0 atom stereocenters. The van der Waals surface area contributed by atoms with Crippen LogP contribution in [0, 0.1) is 0 Å². The fourth-order valence-electron chi connectivity index (χ4n) is 3.78. The third kappa shape index (κ3) is 5.10. The van der Waals surface area contributed by atoms with Crippen LogP contribution in [-0.2, 0) is 11.3 Å². The Labute approximate surface area is 178 Å². The number of carbonyl (C=O) groups excluding carboxylic acids is 1. The third-order valence-electron chi connectivity index (χ3n) is 5.51. The molecule has 0 radical (unpaired) electrons. The van der Waals surface area contributed by atoms with E-state index in [2.05, 4.69) is 13.8 Å². The summed E-state index contributed by atoms with van der Waals surface area (Å²) in [5, 5.41) is 0. The van der Waals surface area contributed by atoms with Gasteiger partial charge < -0.3 is 15.0 Å². The van der Waals surface area contributed by atoms with Crippen molar-refractivity contribution in [1.82, 2.24) is 14.5 Å². The van der Waals surface area contributed by atoms with Crippen LogP contribution in [0.2, 0.25) is 0 Å². The van der Waals surface area contributed by atoms with Crippen LogP contribution < -0.4 is 5.73 Å². The van der Waals surface area contributed by atoms with Crippen LogP contribution in [-0.4, -0.2) is 27.1 Å². The lowest BCUT2D eigenvalue weighted by molar-refractivity contribution is 0.0501. The van der Waals surface area contributed by atoms with Gasteiger partial charge in [0.25, 0.3) is 0 Å². The van der Waals surface area contributed by atoms with Crippen LogP contribution >= 0.6 is 0 Å². The summed E-state index contributed by atoms with van der Waals surface area (Å²) >= 11 is 0. The van der Waals surface area contributed by atoms with Crippen LogP contribution in [0.3, 0.4) is 0 Å². The second kappa shape index (κ2) is 11.0. The number of nitrogen functional groups attached to an aromatic ring is 1. The zero-order valence-electron chi connectivity index (χ0n) is 18.3. The summed E-state index contributed by atoms with van der Waals surface area (Å²) in [4.78, 5) is 22.4. The standard InChI is InChI=1S/C24H34N4O2/c1-3-5-7-8-9-13-17-30-24(29)20-21-23(28(22(20)25)16-12-6-4-2)27-19-15-11-10-14-18(19)26-21/h10-11,14-15H,3-9,12-13,16-17,25H2,1-2H3. The van der Waals surface area contributed by atoms with Gasteiger partial charge in [-0.25, -0.2) is 14.8 Å². The Hall–Kier alpha value is -2.63. The lowest BCUT2D eigenvalue weighted by Crippen LogP contribution is -2.11. The highest BCUT2D eigenvalue weighted by Gasteiger charge is 2.24. The Morgan fingerprint density at radius 3 is 2.30 bits per heavy atom. The lowest BCUT2D eigenvalue weighted by atomic mass is 10.1. The van der Waals surface area contributed by atoms with Crippen molar-refractivity contribution in [1.29, 1.82) is 0 Å². The van der Waals surface area contributed by atoms with Crippen LogP contribution in [0.5, 0.6) is 0 Å². The average molecular weight is 411 g/mol. The number of nitrogens with two attached hydrogens (primary N) is 1. The molecule has 6 nitrogen and oxygen atoms in total. The van der Waals surface area contributed by atoms with Crippen LogP contribution in [0.25, 0.3) is 22.2 Å². The molecule has 0 aliphatic carbocycles. The Bertz CT molecular complexity index is 980. The van der Waals surface area contributed by atoms with Gasteiger partial charge in [-0.3, -0.25) is 0 Å². The van der Waals surface area contributed by atoms with Crippen molar-refractivity contribution in [3.8, 4) is 0 Å². The number of unbranched alkanes of at least 4 members (excludes halogenated alkanes) is 7. The fourth-order valence-corrected chi connectivity index (χ4v) is 3.78. The van der Waals surface area contributed by atoms with Gasteiger partial charge >= 0.3 is 5.97 Å². The van der Waals surface area contributed by atoms with Crippen molar-refractivity contribution in [2.75, 3.05) is 12.3 Å². The molecular weight excluding hydrogens is 376 g/mol. The van der Waals surface area contributed by atoms with Gasteiger partial charge in [-0.05, 0) is 25.0 Å². The smallest absolute Gasteiger partial charge is 0.344 e. The monoisotopic (exact) mass is 410 g/mol. The van der Waals surface area contributed by atoms with E-state index in [1.165, 1.54) is 25.7 Å². The molecule has 162 valence electrons. The molecule has 0 saturated heterocycles. The van der Waals surface area contributed by atoms with Crippen molar-refractivity contribution >= 4 is 34.0 Å². The second-order valence-corrected chi connectivity index (χ2v) is 7.91. The predicted octanol–water partition coefficient (Wildman–Crippen LogP) is 5.87. The number of rotatable bonds is 12. The number of esters is 1. The van der Waals surface area contributed by atoms with Gasteiger partial charge in [0.2, 0.25) is 0 Å². The summed E-state index contributed by atoms with van der Waals surface area (Å²) in [5.74, 6) is 0.00855. The molecule has 2 aromatic heterocycles. The molecule has 6 heteroatoms. The van der Waals surface area contributed by atoms with E-state index in [4.69, 9.17) is 20.4 Å². The normalized spacial score (nSPS) is 11.4. The van der Waals surface area contributed by atoms with E-state index < -0.39 is 5.97 Å². The summed E-state index contributed by atoms with van der Waals surface area (Å²) in [6.07, 6.45) is 10.1. The topological polar surface area (TPSA) is 83.0 Å². The molecule has 2 heterocycles. The molecule has 0 bridgehead atoms. The highest BCUT2D eigenvalue weighted by Crippen LogP contribution is 2.29. The van der Waals surface area contributed by atoms with Gasteiger partial charge in [0.15, 0.2) is 5.65 Å². The maximum Gasteiger partial charge on any atom is 0.344 e. The average Bonchev–Trinajstić information content (AvgIpc) is 3.02. The Balaban J connectivity index is 1.82. The first-order valence-electron chi connectivity index (χ1n) is 11.4. The van der Waals surface area contributed by atoms with E-state index >= 15 is 0 Å². The van der Waals surface area contributed by atoms with E-state index in [1.54, 1.807) is 0 Å². The number of hydrogen-bond donors (Lipinski definition) is 1. The first-order chi connectivity index (χ1) is 14.7. The summed E-state index contributed by atoms with van der Waals surface area (Å²) in [7, 11) is 0. The number of nitrogens with zero attached hydrogens (tertiary/aromatic N) is 3. The van der Waals surface area contributed by atoms with Crippen LogP contribution in [0.1, 0.15) is 82.0 Å². The van der Waals surface area contributed by atoms with Gasteiger partial charge in [-0.1, -0.05) is 70.9 Å². The number of fused-ring (bicyclic) bond motifs is 2. The van der Waals surface area contributed by atoms with Crippen molar-refractivity contribution < 1.29 is 9.53 Å². The SMILES string of the molecule is CCCCCCCCOC(=O)c1c(N)n(CCCCC)c2nc3ccccc3nc12. The molecule has 0 fully saturated rings. The number of carbonyl (C=O) groups is 1. The van der Waals surface area contributed by atoms with Crippen LogP contribution in [0.15, 0.2) is 24.3 Å². The van der Waals surface area contributed by atoms with E-state index in [-0.39, 0.29) is 0 Å². The molecular formula is C24H34N4O2. The minimum absolute atomic E-state index is 0.353. The van der Waals surface area contributed by atoms with Crippen LogP contribution in [0.4, 0.5) is 5.82 Å². The molecule has 30 heavy (non-hydrogen) atoms. The maximum atomic E-state index is 12.9. The highest BCUT2D eigenvalue weighted by atomic mass is 16.5. The minimum Gasteiger partial charge on any atom is -0.462 e. The molecule has 0 spiro atoms. The van der Waals surface area contributed by atoms with Gasteiger partial charge in [0.05, 0.1) is 17.6 Å².